The Bertz CT molecular complexity index is 1270. The Morgan fingerprint density at radius 1 is 1.03 bits per heavy atom. The van der Waals surface area contributed by atoms with Crippen LogP contribution in [-0.4, -0.2) is 54.2 Å². The molecule has 4 heterocycles. The minimum absolute atomic E-state index is 0.349. The third-order valence-corrected chi connectivity index (χ3v) is 5.80. The average Bonchev–Trinajstić information content (AvgIpc) is 3.11. The van der Waals surface area contributed by atoms with Crippen molar-refractivity contribution < 1.29 is 10.2 Å². The maximum absolute atomic E-state index is 10.1. The van der Waals surface area contributed by atoms with Crippen LogP contribution in [-0.2, 0) is 0 Å². The fourth-order valence-electron chi connectivity index (χ4n) is 3.73. The minimum Gasteiger partial charge on any atom is -0.388 e. The van der Waals surface area contributed by atoms with Crippen molar-refractivity contribution in [1.29, 1.82) is 0 Å². The van der Waals surface area contributed by atoms with Crippen LogP contribution in [0.4, 0.5) is 11.6 Å². The number of nitrogens with zero attached hydrogens (tertiary/aromatic N) is 6. The topological polar surface area (TPSA) is 134 Å². The van der Waals surface area contributed by atoms with E-state index in [0.29, 0.717) is 47.0 Å². The molecule has 1 aliphatic heterocycles. The summed E-state index contributed by atoms with van der Waals surface area (Å²) in [6, 6.07) is 13.3. The lowest BCUT2D eigenvalue weighted by Crippen LogP contribution is -2.35. The molecule has 0 bridgehead atoms. The first-order chi connectivity index (χ1) is 15.0. The third kappa shape index (κ3) is 3.58. The van der Waals surface area contributed by atoms with Gasteiger partial charge >= 0.3 is 0 Å². The van der Waals surface area contributed by atoms with Crippen LogP contribution in [0.15, 0.2) is 53.3 Å². The molecule has 0 spiro atoms. The Kier molecular flexibility index (Phi) is 4.97. The van der Waals surface area contributed by atoms with Gasteiger partial charge in [0, 0.05) is 11.0 Å². The Morgan fingerprint density at radius 2 is 1.90 bits per heavy atom. The van der Waals surface area contributed by atoms with E-state index in [1.54, 1.807) is 17.0 Å². The highest BCUT2D eigenvalue weighted by molar-refractivity contribution is 9.10. The summed E-state index contributed by atoms with van der Waals surface area (Å²) < 4.78 is 0.933. The van der Waals surface area contributed by atoms with Gasteiger partial charge in [-0.2, -0.15) is 0 Å². The number of hydrogen-bond acceptors (Lipinski definition) is 9. The third-order valence-electron chi connectivity index (χ3n) is 5.31. The zero-order chi connectivity index (χ0) is 21.5. The number of pyridine rings is 1. The van der Waals surface area contributed by atoms with Crippen molar-refractivity contribution in [2.75, 3.05) is 17.2 Å². The van der Waals surface area contributed by atoms with Crippen LogP contribution in [0.5, 0.6) is 0 Å². The molecule has 4 N–H and O–H groups in total. The first-order valence-electron chi connectivity index (χ1n) is 9.65. The number of aliphatic hydroxyl groups excluding tert-OH is 2. The Labute approximate surface area is 185 Å². The summed E-state index contributed by atoms with van der Waals surface area (Å²) in [6.45, 7) is 0.508. The fraction of sp³-hybridized carbons (Fsp3) is 0.190. The molecule has 0 amide bonds. The van der Waals surface area contributed by atoms with Crippen molar-refractivity contribution in [3.05, 3.63) is 53.3 Å². The van der Waals surface area contributed by atoms with Crippen molar-refractivity contribution >= 4 is 38.6 Å². The number of anilines is 2. The van der Waals surface area contributed by atoms with Gasteiger partial charge in [-0.25, -0.2) is 15.0 Å². The summed E-state index contributed by atoms with van der Waals surface area (Å²) in [5.74, 6) is 0.842. The lowest BCUT2D eigenvalue weighted by Gasteiger charge is -2.21. The second-order valence-corrected chi connectivity index (χ2v) is 8.18. The van der Waals surface area contributed by atoms with E-state index < -0.39 is 12.3 Å². The van der Waals surface area contributed by atoms with Gasteiger partial charge in [0.15, 0.2) is 17.7 Å². The number of aliphatic hydroxyl groups is 2. The normalized spacial score (nSPS) is 18.6. The predicted molar refractivity (Wildman–Crippen MR) is 120 cm³/mol. The molecule has 4 aromatic rings. The highest BCUT2D eigenvalue weighted by Gasteiger charge is 2.32. The number of rotatable bonds is 3. The van der Waals surface area contributed by atoms with E-state index in [0.717, 1.165) is 15.6 Å². The molecule has 0 aliphatic carbocycles. The quantitative estimate of drug-likeness (QED) is 0.404. The highest BCUT2D eigenvalue weighted by atomic mass is 79.9. The molecular weight excluding hydrogens is 462 g/mol. The molecule has 3 aromatic heterocycles. The number of fused-ring (bicyclic) bond motifs is 1. The molecule has 156 valence electrons. The number of nitrogen functional groups attached to an aromatic ring is 1. The van der Waals surface area contributed by atoms with Crippen LogP contribution in [0.1, 0.15) is 6.42 Å². The van der Waals surface area contributed by atoms with Crippen LogP contribution >= 0.6 is 15.9 Å². The molecule has 0 radical (unpaired) electrons. The predicted octanol–water partition coefficient (Wildman–Crippen LogP) is 2.38. The molecule has 9 nitrogen and oxygen atoms in total. The number of nitrogens with two attached hydrogens (primary N) is 1. The van der Waals surface area contributed by atoms with Gasteiger partial charge in [0.05, 0.1) is 11.1 Å². The number of benzene rings is 1. The van der Waals surface area contributed by atoms with Gasteiger partial charge in [0.1, 0.15) is 23.9 Å². The zero-order valence-electron chi connectivity index (χ0n) is 16.2. The first kappa shape index (κ1) is 19.7. The lowest BCUT2D eigenvalue weighted by molar-refractivity contribution is 0.0446. The van der Waals surface area contributed by atoms with E-state index in [9.17, 15) is 10.2 Å². The maximum Gasteiger partial charge on any atom is 0.165 e. The van der Waals surface area contributed by atoms with Gasteiger partial charge < -0.3 is 20.8 Å². The largest absolute Gasteiger partial charge is 0.388 e. The van der Waals surface area contributed by atoms with Crippen LogP contribution in [0.3, 0.4) is 0 Å². The standard InChI is InChI=1S/C21H18BrN7O2/c22-12-3-1-2-11(8-12)13-9-15(26-20-18(13)19(23)24-10-25-20)14-4-5-17(28-27-14)29-7-6-16(30)21(29)31/h1-5,8-10,16,21,30-31H,6-7H2,(H2,23,24,25,26). The molecule has 1 saturated heterocycles. The second-order valence-electron chi connectivity index (χ2n) is 7.26. The second kappa shape index (κ2) is 7.80. The summed E-state index contributed by atoms with van der Waals surface area (Å²) in [4.78, 5) is 14.7. The zero-order valence-corrected chi connectivity index (χ0v) is 17.8. The maximum atomic E-state index is 10.1. The summed E-state index contributed by atoms with van der Waals surface area (Å²) in [5.41, 5.74) is 9.52. The van der Waals surface area contributed by atoms with E-state index in [2.05, 4.69) is 41.1 Å². The van der Waals surface area contributed by atoms with Gasteiger partial charge in [-0.05, 0) is 47.9 Å². The van der Waals surface area contributed by atoms with Gasteiger partial charge in [-0.15, -0.1) is 10.2 Å². The molecule has 31 heavy (non-hydrogen) atoms. The van der Waals surface area contributed by atoms with Crippen molar-refractivity contribution in [1.82, 2.24) is 25.1 Å². The molecule has 2 atom stereocenters. The first-order valence-corrected chi connectivity index (χ1v) is 10.4. The average molecular weight is 480 g/mol. The molecule has 0 saturated carbocycles. The SMILES string of the molecule is Nc1ncnc2nc(-c3ccc(N4CCC(O)C4O)nn3)cc(-c3cccc(Br)c3)c12. The number of halogens is 1. The monoisotopic (exact) mass is 479 g/mol. The molecule has 1 aromatic carbocycles. The summed E-state index contributed by atoms with van der Waals surface area (Å²) in [6.07, 6.45) is 0.0883. The molecule has 5 rings (SSSR count). The van der Waals surface area contributed by atoms with Gasteiger partial charge in [0.2, 0.25) is 0 Å². The lowest BCUT2D eigenvalue weighted by atomic mass is 10.0. The Morgan fingerprint density at radius 3 is 2.61 bits per heavy atom. The van der Waals surface area contributed by atoms with Crippen molar-refractivity contribution in [2.45, 2.75) is 18.8 Å². The molecule has 1 fully saturated rings. The van der Waals surface area contributed by atoms with E-state index in [4.69, 9.17) is 5.73 Å². The summed E-state index contributed by atoms with van der Waals surface area (Å²) >= 11 is 3.51. The summed E-state index contributed by atoms with van der Waals surface area (Å²) in [5, 5.41) is 29.1. The number of aromatic nitrogens is 5. The van der Waals surface area contributed by atoms with Crippen molar-refractivity contribution in [3.8, 4) is 22.5 Å². The fourth-order valence-corrected chi connectivity index (χ4v) is 4.13. The Hall–Kier alpha value is -3.21. The molecular formula is C21H18BrN7O2. The molecule has 10 heteroatoms. The van der Waals surface area contributed by atoms with Gasteiger partial charge in [-0.3, -0.25) is 0 Å². The van der Waals surface area contributed by atoms with E-state index in [1.165, 1.54) is 6.33 Å². The van der Waals surface area contributed by atoms with Gasteiger partial charge in [-0.1, -0.05) is 28.1 Å². The van der Waals surface area contributed by atoms with E-state index in [-0.39, 0.29) is 0 Å². The summed E-state index contributed by atoms with van der Waals surface area (Å²) in [7, 11) is 0. The highest BCUT2D eigenvalue weighted by Crippen LogP contribution is 2.34. The number of hydrogen-bond donors (Lipinski definition) is 3. The van der Waals surface area contributed by atoms with Crippen LogP contribution in [0.25, 0.3) is 33.5 Å². The van der Waals surface area contributed by atoms with E-state index >= 15 is 0 Å². The van der Waals surface area contributed by atoms with E-state index in [1.807, 2.05) is 30.3 Å². The minimum atomic E-state index is -0.984. The van der Waals surface area contributed by atoms with Gasteiger partial charge in [0.25, 0.3) is 0 Å². The van der Waals surface area contributed by atoms with Crippen LogP contribution in [0.2, 0.25) is 0 Å². The molecule has 1 aliphatic rings. The Balaban J connectivity index is 1.61. The smallest absolute Gasteiger partial charge is 0.165 e. The van der Waals surface area contributed by atoms with Crippen LogP contribution < -0.4 is 10.6 Å². The van der Waals surface area contributed by atoms with Crippen LogP contribution in [0, 0.1) is 0 Å². The molecule has 2 unspecified atom stereocenters. The van der Waals surface area contributed by atoms with Crippen molar-refractivity contribution in [3.63, 3.8) is 0 Å². The van der Waals surface area contributed by atoms with Crippen molar-refractivity contribution in [2.24, 2.45) is 0 Å².